The van der Waals surface area contributed by atoms with E-state index in [0.717, 1.165) is 0 Å². The van der Waals surface area contributed by atoms with Gasteiger partial charge < -0.3 is 19.5 Å². The first kappa shape index (κ1) is 14.8. The van der Waals surface area contributed by atoms with E-state index >= 15 is 0 Å². The van der Waals surface area contributed by atoms with Crippen LogP contribution in [0.3, 0.4) is 0 Å². The molecule has 2 rings (SSSR count). The third-order valence-electron chi connectivity index (χ3n) is 2.97. The molecule has 1 unspecified atom stereocenters. The SMILES string of the molecule is COC(=O)c1ccccc1OC1(NC(C)=O)CCOC1=O. The van der Waals surface area contributed by atoms with Gasteiger partial charge in [-0.2, -0.15) is 0 Å². The van der Waals surface area contributed by atoms with Crippen molar-refractivity contribution in [1.29, 1.82) is 0 Å². The molecule has 0 spiro atoms. The molecule has 1 heterocycles. The topological polar surface area (TPSA) is 90.9 Å². The normalized spacial score (nSPS) is 20.6. The number of nitrogens with one attached hydrogen (secondary N) is 1. The first-order valence-electron chi connectivity index (χ1n) is 6.31. The highest BCUT2D eigenvalue weighted by Crippen LogP contribution is 2.28. The average molecular weight is 293 g/mol. The lowest BCUT2D eigenvalue weighted by Crippen LogP contribution is -2.56. The summed E-state index contributed by atoms with van der Waals surface area (Å²) in [5.74, 6) is -1.60. The highest BCUT2D eigenvalue weighted by atomic mass is 16.6. The molecule has 1 amide bonds. The largest absolute Gasteiger partial charge is 0.465 e. The van der Waals surface area contributed by atoms with E-state index in [1.807, 2.05) is 0 Å². The summed E-state index contributed by atoms with van der Waals surface area (Å²) in [6.45, 7) is 1.39. The molecular weight excluding hydrogens is 278 g/mol. The van der Waals surface area contributed by atoms with Crippen LogP contribution in [0, 0.1) is 0 Å². The van der Waals surface area contributed by atoms with Crippen molar-refractivity contribution in [3.63, 3.8) is 0 Å². The second-order valence-electron chi connectivity index (χ2n) is 4.48. The summed E-state index contributed by atoms with van der Waals surface area (Å²) in [4.78, 5) is 34.9. The molecule has 0 radical (unpaired) electrons. The smallest absolute Gasteiger partial charge is 0.372 e. The maximum absolute atomic E-state index is 11.9. The predicted molar refractivity (Wildman–Crippen MR) is 70.5 cm³/mol. The molecule has 1 saturated heterocycles. The molecule has 1 aliphatic heterocycles. The number of hydrogen-bond acceptors (Lipinski definition) is 6. The Balaban J connectivity index is 2.36. The minimum Gasteiger partial charge on any atom is -0.465 e. The van der Waals surface area contributed by atoms with Gasteiger partial charge in [-0.15, -0.1) is 0 Å². The Labute approximate surface area is 121 Å². The third-order valence-corrected chi connectivity index (χ3v) is 2.97. The molecule has 112 valence electrons. The van der Waals surface area contributed by atoms with Gasteiger partial charge in [0.25, 0.3) is 5.72 Å². The number of carbonyl (C=O) groups is 3. The number of cyclic esters (lactones) is 1. The van der Waals surface area contributed by atoms with Crippen molar-refractivity contribution < 1.29 is 28.6 Å². The zero-order chi connectivity index (χ0) is 15.5. The van der Waals surface area contributed by atoms with Gasteiger partial charge in [-0.05, 0) is 12.1 Å². The second kappa shape index (κ2) is 5.82. The molecular formula is C14H15NO6. The molecule has 0 aliphatic carbocycles. The zero-order valence-electron chi connectivity index (χ0n) is 11.7. The molecule has 0 aromatic heterocycles. The van der Waals surface area contributed by atoms with E-state index in [2.05, 4.69) is 10.1 Å². The second-order valence-corrected chi connectivity index (χ2v) is 4.48. The van der Waals surface area contributed by atoms with Gasteiger partial charge in [-0.25, -0.2) is 9.59 Å². The molecule has 7 nitrogen and oxygen atoms in total. The monoisotopic (exact) mass is 293 g/mol. The van der Waals surface area contributed by atoms with E-state index in [1.54, 1.807) is 12.1 Å². The third kappa shape index (κ3) is 2.96. The highest BCUT2D eigenvalue weighted by molar-refractivity contribution is 5.93. The van der Waals surface area contributed by atoms with Crippen molar-refractivity contribution in [3.8, 4) is 5.75 Å². The Hall–Kier alpha value is -2.57. The maximum Gasteiger partial charge on any atom is 0.372 e. The molecule has 1 aromatic rings. The van der Waals surface area contributed by atoms with E-state index in [0.29, 0.717) is 0 Å². The first-order valence-corrected chi connectivity index (χ1v) is 6.31. The minimum absolute atomic E-state index is 0.125. The summed E-state index contributed by atoms with van der Waals surface area (Å²) in [6, 6.07) is 6.30. The fourth-order valence-corrected chi connectivity index (χ4v) is 2.04. The number of benzene rings is 1. The van der Waals surface area contributed by atoms with Gasteiger partial charge in [0.2, 0.25) is 5.91 Å². The van der Waals surface area contributed by atoms with E-state index in [1.165, 1.54) is 26.2 Å². The average Bonchev–Trinajstić information content (AvgIpc) is 2.79. The number of esters is 2. The number of ether oxygens (including phenoxy) is 3. The fraction of sp³-hybridized carbons (Fsp3) is 0.357. The van der Waals surface area contributed by atoms with E-state index in [9.17, 15) is 14.4 Å². The summed E-state index contributed by atoms with van der Waals surface area (Å²) in [5.41, 5.74) is -1.46. The fourth-order valence-electron chi connectivity index (χ4n) is 2.04. The molecule has 1 N–H and O–H groups in total. The quantitative estimate of drug-likeness (QED) is 0.647. The van der Waals surface area contributed by atoms with Crippen LogP contribution >= 0.6 is 0 Å². The van der Waals surface area contributed by atoms with Crippen LogP contribution in [0.5, 0.6) is 5.75 Å². The standard InChI is InChI=1S/C14H15NO6/c1-9(16)15-14(7-8-20-13(14)18)21-11-6-4-3-5-10(11)12(17)19-2/h3-6H,7-8H2,1-2H3,(H,15,16). The van der Waals surface area contributed by atoms with Crippen molar-refractivity contribution in [1.82, 2.24) is 5.32 Å². The minimum atomic E-state index is -1.62. The predicted octanol–water partition coefficient (Wildman–Crippen LogP) is 0.631. The Morgan fingerprint density at radius 1 is 1.33 bits per heavy atom. The number of methoxy groups -OCH3 is 1. The molecule has 21 heavy (non-hydrogen) atoms. The van der Waals surface area contributed by atoms with E-state index in [-0.39, 0.29) is 24.3 Å². The number of amides is 1. The lowest BCUT2D eigenvalue weighted by atomic mass is 10.1. The van der Waals surface area contributed by atoms with Crippen LogP contribution in [0.1, 0.15) is 23.7 Å². The molecule has 1 aliphatic rings. The summed E-state index contributed by atoms with van der Waals surface area (Å²) >= 11 is 0. The van der Waals surface area contributed by atoms with Gasteiger partial charge in [0.05, 0.1) is 20.1 Å². The first-order chi connectivity index (χ1) is 9.98. The Kier molecular flexibility index (Phi) is 4.11. The van der Waals surface area contributed by atoms with Gasteiger partial charge in [0, 0.05) is 6.92 Å². The van der Waals surface area contributed by atoms with Gasteiger partial charge >= 0.3 is 11.9 Å². The number of hydrogen-bond donors (Lipinski definition) is 1. The van der Waals surface area contributed by atoms with Crippen molar-refractivity contribution in [3.05, 3.63) is 29.8 Å². The number of rotatable bonds is 4. The Bertz CT molecular complexity index is 585. The van der Waals surface area contributed by atoms with Crippen molar-refractivity contribution in [2.24, 2.45) is 0 Å². The van der Waals surface area contributed by atoms with Crippen LogP contribution in [0.2, 0.25) is 0 Å². The van der Waals surface area contributed by atoms with Crippen molar-refractivity contribution >= 4 is 17.8 Å². The molecule has 7 heteroatoms. The lowest BCUT2D eigenvalue weighted by Gasteiger charge is -2.27. The van der Waals surface area contributed by atoms with Crippen LogP contribution in [-0.4, -0.2) is 37.3 Å². The van der Waals surface area contributed by atoms with Gasteiger partial charge in [0.15, 0.2) is 0 Å². The summed E-state index contributed by atoms with van der Waals surface area (Å²) in [5, 5.41) is 2.45. The summed E-state index contributed by atoms with van der Waals surface area (Å²) < 4.78 is 15.2. The summed E-state index contributed by atoms with van der Waals surface area (Å²) in [6.07, 6.45) is 0.154. The van der Waals surface area contributed by atoms with Gasteiger partial charge in [0.1, 0.15) is 11.3 Å². The summed E-state index contributed by atoms with van der Waals surface area (Å²) in [7, 11) is 1.24. The molecule has 1 aromatic carbocycles. The lowest BCUT2D eigenvalue weighted by molar-refractivity contribution is -0.156. The Morgan fingerprint density at radius 2 is 2.05 bits per heavy atom. The number of carbonyl (C=O) groups excluding carboxylic acids is 3. The maximum atomic E-state index is 11.9. The zero-order valence-corrected chi connectivity index (χ0v) is 11.7. The van der Waals surface area contributed by atoms with Crippen LogP contribution in [0.4, 0.5) is 0 Å². The van der Waals surface area contributed by atoms with E-state index < -0.39 is 23.6 Å². The van der Waals surface area contributed by atoms with Gasteiger partial charge in [-0.3, -0.25) is 4.79 Å². The van der Waals surface area contributed by atoms with Crippen LogP contribution < -0.4 is 10.1 Å². The molecule has 1 atom stereocenters. The Morgan fingerprint density at radius 3 is 2.62 bits per heavy atom. The van der Waals surface area contributed by atoms with Crippen LogP contribution in [0.15, 0.2) is 24.3 Å². The molecule has 0 saturated carbocycles. The van der Waals surface area contributed by atoms with Gasteiger partial charge in [-0.1, -0.05) is 12.1 Å². The molecule has 0 bridgehead atoms. The number of para-hydroxylation sites is 1. The van der Waals surface area contributed by atoms with Crippen molar-refractivity contribution in [2.75, 3.05) is 13.7 Å². The van der Waals surface area contributed by atoms with Crippen molar-refractivity contribution in [2.45, 2.75) is 19.1 Å². The van der Waals surface area contributed by atoms with E-state index in [4.69, 9.17) is 9.47 Å². The highest BCUT2D eigenvalue weighted by Gasteiger charge is 2.48. The molecule has 1 fully saturated rings. The van der Waals surface area contributed by atoms with Crippen LogP contribution in [0.25, 0.3) is 0 Å². The van der Waals surface area contributed by atoms with Crippen LogP contribution in [-0.2, 0) is 19.1 Å².